The molecule has 0 unspecified atom stereocenters. The standard InChI is InChI=1S/C15H17N3O3/c1-2-7-16-13(19)9-17-14(20)11-8-10-5-3-4-6-12(10)18-15(11)21/h3-6,8H,2,7,9H2,1H3,(H,16,19)(H,17,20)(H,18,21). The van der Waals surface area contributed by atoms with Crippen molar-refractivity contribution in [2.24, 2.45) is 0 Å². The number of aromatic nitrogens is 1. The van der Waals surface area contributed by atoms with E-state index in [1.807, 2.05) is 13.0 Å². The number of rotatable bonds is 5. The van der Waals surface area contributed by atoms with Crippen molar-refractivity contribution < 1.29 is 9.59 Å². The van der Waals surface area contributed by atoms with Gasteiger partial charge in [0.2, 0.25) is 5.91 Å². The Morgan fingerprint density at radius 3 is 2.71 bits per heavy atom. The number of aromatic amines is 1. The van der Waals surface area contributed by atoms with Crippen LogP contribution in [0.15, 0.2) is 35.1 Å². The fourth-order valence-corrected chi connectivity index (χ4v) is 1.90. The molecule has 21 heavy (non-hydrogen) atoms. The van der Waals surface area contributed by atoms with Crippen LogP contribution < -0.4 is 16.2 Å². The quantitative estimate of drug-likeness (QED) is 0.759. The lowest BCUT2D eigenvalue weighted by Crippen LogP contribution is -2.38. The number of para-hydroxylation sites is 1. The van der Waals surface area contributed by atoms with Crippen molar-refractivity contribution in [3.8, 4) is 0 Å². The third-order valence-corrected chi connectivity index (χ3v) is 2.98. The van der Waals surface area contributed by atoms with Crippen LogP contribution in [0.5, 0.6) is 0 Å². The van der Waals surface area contributed by atoms with Gasteiger partial charge >= 0.3 is 0 Å². The summed E-state index contributed by atoms with van der Waals surface area (Å²) in [7, 11) is 0. The van der Waals surface area contributed by atoms with Crippen molar-refractivity contribution in [3.63, 3.8) is 0 Å². The second kappa shape index (κ2) is 6.69. The van der Waals surface area contributed by atoms with Gasteiger partial charge in [0, 0.05) is 12.1 Å². The van der Waals surface area contributed by atoms with Crippen LogP contribution in [-0.4, -0.2) is 29.9 Å². The molecule has 2 rings (SSSR count). The minimum absolute atomic E-state index is 0.00279. The van der Waals surface area contributed by atoms with Gasteiger partial charge in [0.25, 0.3) is 11.5 Å². The summed E-state index contributed by atoms with van der Waals surface area (Å²) in [5.74, 6) is -0.837. The Morgan fingerprint density at radius 1 is 1.19 bits per heavy atom. The largest absolute Gasteiger partial charge is 0.355 e. The van der Waals surface area contributed by atoms with Crippen molar-refractivity contribution in [3.05, 3.63) is 46.2 Å². The smallest absolute Gasteiger partial charge is 0.261 e. The Kier molecular flexibility index (Phi) is 4.71. The monoisotopic (exact) mass is 287 g/mol. The first-order chi connectivity index (χ1) is 10.1. The second-order valence-corrected chi connectivity index (χ2v) is 4.63. The van der Waals surface area contributed by atoms with Gasteiger partial charge in [0.1, 0.15) is 5.56 Å². The summed E-state index contributed by atoms with van der Waals surface area (Å²) in [5, 5.41) is 5.85. The fraction of sp³-hybridized carbons (Fsp3) is 0.267. The number of benzene rings is 1. The fourth-order valence-electron chi connectivity index (χ4n) is 1.90. The average molecular weight is 287 g/mol. The molecule has 0 fully saturated rings. The summed E-state index contributed by atoms with van der Waals surface area (Å²) in [6.07, 6.45) is 0.823. The highest BCUT2D eigenvalue weighted by molar-refractivity contribution is 5.98. The molecule has 0 saturated heterocycles. The van der Waals surface area contributed by atoms with Gasteiger partial charge in [-0.25, -0.2) is 0 Å². The van der Waals surface area contributed by atoms with Crippen molar-refractivity contribution in [2.45, 2.75) is 13.3 Å². The molecule has 0 atom stereocenters. The zero-order valence-corrected chi connectivity index (χ0v) is 11.7. The molecule has 0 aliphatic heterocycles. The predicted molar refractivity (Wildman–Crippen MR) is 80.2 cm³/mol. The molecule has 6 heteroatoms. The lowest BCUT2D eigenvalue weighted by atomic mass is 10.1. The lowest BCUT2D eigenvalue weighted by Gasteiger charge is -2.06. The Balaban J connectivity index is 2.10. The number of H-pyrrole nitrogens is 1. The van der Waals surface area contributed by atoms with Crippen LogP contribution in [0.3, 0.4) is 0 Å². The minimum atomic E-state index is -0.561. The summed E-state index contributed by atoms with van der Waals surface area (Å²) in [4.78, 5) is 37.9. The van der Waals surface area contributed by atoms with Gasteiger partial charge in [-0.05, 0) is 23.9 Å². The van der Waals surface area contributed by atoms with Crippen molar-refractivity contribution in [1.82, 2.24) is 15.6 Å². The van der Waals surface area contributed by atoms with E-state index >= 15 is 0 Å². The van der Waals surface area contributed by atoms with Gasteiger partial charge in [-0.15, -0.1) is 0 Å². The number of pyridine rings is 1. The Morgan fingerprint density at radius 2 is 1.95 bits per heavy atom. The minimum Gasteiger partial charge on any atom is -0.355 e. The molecule has 2 aromatic rings. The maximum atomic E-state index is 12.0. The SMILES string of the molecule is CCCNC(=O)CNC(=O)c1cc2ccccc2[nH]c1=O. The third-order valence-electron chi connectivity index (χ3n) is 2.98. The van der Waals surface area contributed by atoms with E-state index in [9.17, 15) is 14.4 Å². The first kappa shape index (κ1) is 14.8. The van der Waals surface area contributed by atoms with E-state index in [1.165, 1.54) is 6.07 Å². The summed E-state index contributed by atoms with van der Waals surface area (Å²) in [6, 6.07) is 8.71. The Hall–Kier alpha value is -2.63. The zero-order chi connectivity index (χ0) is 15.2. The topological polar surface area (TPSA) is 91.1 Å². The summed E-state index contributed by atoms with van der Waals surface area (Å²) < 4.78 is 0. The van der Waals surface area contributed by atoms with E-state index in [0.717, 1.165) is 11.8 Å². The second-order valence-electron chi connectivity index (χ2n) is 4.63. The zero-order valence-electron chi connectivity index (χ0n) is 11.7. The normalized spacial score (nSPS) is 10.3. The van der Waals surface area contributed by atoms with Crippen LogP contribution in [0.25, 0.3) is 10.9 Å². The van der Waals surface area contributed by atoms with Gasteiger partial charge in [-0.3, -0.25) is 14.4 Å². The molecule has 1 aromatic heterocycles. The number of hydrogen-bond donors (Lipinski definition) is 3. The number of nitrogens with one attached hydrogen (secondary N) is 3. The predicted octanol–water partition coefficient (Wildman–Crippen LogP) is 0.784. The third kappa shape index (κ3) is 3.68. The van der Waals surface area contributed by atoms with Crippen LogP contribution in [0.1, 0.15) is 23.7 Å². The number of fused-ring (bicyclic) bond motifs is 1. The maximum Gasteiger partial charge on any atom is 0.261 e. The van der Waals surface area contributed by atoms with E-state index in [-0.39, 0.29) is 18.0 Å². The van der Waals surface area contributed by atoms with Gasteiger partial charge < -0.3 is 15.6 Å². The van der Waals surface area contributed by atoms with E-state index in [0.29, 0.717) is 12.1 Å². The van der Waals surface area contributed by atoms with Gasteiger partial charge in [0.05, 0.1) is 6.54 Å². The molecule has 0 aliphatic carbocycles. The van der Waals surface area contributed by atoms with Gasteiger partial charge in [-0.1, -0.05) is 25.1 Å². The molecule has 1 heterocycles. The van der Waals surface area contributed by atoms with Crippen molar-refractivity contribution in [1.29, 1.82) is 0 Å². The van der Waals surface area contributed by atoms with Crippen molar-refractivity contribution in [2.75, 3.05) is 13.1 Å². The molecule has 6 nitrogen and oxygen atoms in total. The van der Waals surface area contributed by atoms with Crippen LogP contribution in [0, 0.1) is 0 Å². The molecule has 0 aliphatic rings. The maximum absolute atomic E-state index is 12.0. The lowest BCUT2D eigenvalue weighted by molar-refractivity contribution is -0.120. The molecule has 2 amide bonds. The van der Waals surface area contributed by atoms with Gasteiger partial charge in [0.15, 0.2) is 0 Å². The molecular formula is C15H17N3O3. The molecule has 0 saturated carbocycles. The van der Waals surface area contributed by atoms with E-state index in [1.54, 1.807) is 18.2 Å². The van der Waals surface area contributed by atoms with Crippen molar-refractivity contribution >= 4 is 22.7 Å². The molecule has 0 spiro atoms. The summed E-state index contributed by atoms with van der Waals surface area (Å²) >= 11 is 0. The molecule has 1 aromatic carbocycles. The van der Waals surface area contributed by atoms with Crippen LogP contribution in [0.2, 0.25) is 0 Å². The molecule has 110 valence electrons. The van der Waals surface area contributed by atoms with Gasteiger partial charge in [-0.2, -0.15) is 0 Å². The van der Waals surface area contributed by atoms with Crippen LogP contribution >= 0.6 is 0 Å². The highest BCUT2D eigenvalue weighted by Gasteiger charge is 2.12. The van der Waals surface area contributed by atoms with E-state index < -0.39 is 11.5 Å². The number of carbonyl (C=O) groups excluding carboxylic acids is 2. The van der Waals surface area contributed by atoms with E-state index in [4.69, 9.17) is 0 Å². The number of carbonyl (C=O) groups is 2. The summed E-state index contributed by atoms with van der Waals surface area (Å²) in [6.45, 7) is 2.35. The first-order valence-corrected chi connectivity index (χ1v) is 6.78. The summed E-state index contributed by atoms with van der Waals surface area (Å²) in [5.41, 5.74) is 0.192. The highest BCUT2D eigenvalue weighted by atomic mass is 16.2. The Bertz CT molecular complexity index is 721. The average Bonchev–Trinajstić information content (AvgIpc) is 2.49. The molecular weight excluding hydrogens is 270 g/mol. The first-order valence-electron chi connectivity index (χ1n) is 6.78. The molecule has 3 N–H and O–H groups in total. The van der Waals surface area contributed by atoms with Crippen LogP contribution in [-0.2, 0) is 4.79 Å². The molecule has 0 radical (unpaired) electrons. The molecule has 0 bridgehead atoms. The van der Waals surface area contributed by atoms with E-state index in [2.05, 4.69) is 15.6 Å². The highest BCUT2D eigenvalue weighted by Crippen LogP contribution is 2.09. The van der Waals surface area contributed by atoms with Crippen LogP contribution in [0.4, 0.5) is 0 Å². The Labute approximate surface area is 121 Å². The number of amides is 2. The number of hydrogen-bond acceptors (Lipinski definition) is 3.